The van der Waals surface area contributed by atoms with Crippen molar-refractivity contribution in [2.75, 3.05) is 5.32 Å². The first-order valence-electron chi connectivity index (χ1n) is 8.37. The van der Waals surface area contributed by atoms with E-state index in [2.05, 4.69) is 21.9 Å². The number of rotatable bonds is 6. The van der Waals surface area contributed by atoms with E-state index in [4.69, 9.17) is 5.73 Å². The van der Waals surface area contributed by atoms with E-state index in [1.807, 2.05) is 55.5 Å². The molecule has 3 aromatic rings. The summed E-state index contributed by atoms with van der Waals surface area (Å²) in [6, 6.07) is 18.9. The first-order chi connectivity index (χ1) is 12.6. The van der Waals surface area contributed by atoms with Gasteiger partial charge in [-0.05, 0) is 54.6 Å². The second-order valence-electron chi connectivity index (χ2n) is 5.97. The standard InChI is InChI=1S/C21H22N4O/c1-3-23-21-18(13-19(25-21)16-9-11-17(26)12-10-16)20(22)24-14(2)15-7-5-4-6-8-15/h3-14,23,25-26H,1H2,2H3,(H2,22,24)/t14-/m0/s1. The van der Waals surface area contributed by atoms with Crippen molar-refractivity contribution >= 4 is 11.7 Å². The highest BCUT2D eigenvalue weighted by atomic mass is 16.3. The topological polar surface area (TPSA) is 86.4 Å². The molecule has 0 saturated carbocycles. The smallest absolute Gasteiger partial charge is 0.130 e. The third-order valence-corrected chi connectivity index (χ3v) is 4.13. The predicted molar refractivity (Wildman–Crippen MR) is 107 cm³/mol. The van der Waals surface area contributed by atoms with Crippen molar-refractivity contribution in [1.29, 1.82) is 0 Å². The summed E-state index contributed by atoms with van der Waals surface area (Å²) in [5, 5.41) is 12.5. The molecule has 0 aliphatic heterocycles. The molecule has 0 amide bonds. The number of aromatic hydroxyl groups is 1. The minimum absolute atomic E-state index is 0.0557. The lowest BCUT2D eigenvalue weighted by Gasteiger charge is -2.09. The van der Waals surface area contributed by atoms with Crippen LogP contribution in [0.5, 0.6) is 5.75 Å². The summed E-state index contributed by atoms with van der Waals surface area (Å²) in [7, 11) is 0. The zero-order chi connectivity index (χ0) is 18.5. The molecule has 0 unspecified atom stereocenters. The van der Waals surface area contributed by atoms with Crippen LogP contribution in [0.15, 0.2) is 78.4 Å². The van der Waals surface area contributed by atoms with Gasteiger partial charge in [0.05, 0.1) is 11.6 Å². The second kappa shape index (κ2) is 7.61. The fourth-order valence-electron chi connectivity index (χ4n) is 2.75. The number of amidine groups is 1. The molecule has 132 valence electrons. The Balaban J connectivity index is 1.96. The van der Waals surface area contributed by atoms with Gasteiger partial charge in [0.1, 0.15) is 17.4 Å². The first-order valence-corrected chi connectivity index (χ1v) is 8.37. The van der Waals surface area contributed by atoms with Gasteiger partial charge < -0.3 is 21.1 Å². The average Bonchev–Trinajstić information content (AvgIpc) is 3.07. The highest BCUT2D eigenvalue weighted by molar-refractivity contribution is 6.03. The van der Waals surface area contributed by atoms with Crippen LogP contribution in [-0.4, -0.2) is 15.9 Å². The molecular weight excluding hydrogens is 324 g/mol. The number of nitrogens with two attached hydrogens (primary N) is 1. The maximum Gasteiger partial charge on any atom is 0.130 e. The molecule has 0 saturated heterocycles. The SMILES string of the molecule is C=CNc1[nH]c(-c2ccc(O)cc2)cc1C(N)=N[C@@H](C)c1ccccc1. The number of benzene rings is 2. The van der Waals surface area contributed by atoms with E-state index in [9.17, 15) is 5.11 Å². The van der Waals surface area contributed by atoms with Gasteiger partial charge in [0.2, 0.25) is 0 Å². The van der Waals surface area contributed by atoms with Crippen LogP contribution in [0.2, 0.25) is 0 Å². The number of hydrogen-bond donors (Lipinski definition) is 4. The summed E-state index contributed by atoms with van der Waals surface area (Å²) in [4.78, 5) is 7.93. The highest BCUT2D eigenvalue weighted by Gasteiger charge is 2.14. The van der Waals surface area contributed by atoms with Gasteiger partial charge in [0.15, 0.2) is 0 Å². The van der Waals surface area contributed by atoms with Crippen LogP contribution in [0.1, 0.15) is 24.1 Å². The van der Waals surface area contributed by atoms with Crippen LogP contribution in [0.3, 0.4) is 0 Å². The molecule has 5 N–H and O–H groups in total. The maximum absolute atomic E-state index is 9.47. The third-order valence-electron chi connectivity index (χ3n) is 4.13. The van der Waals surface area contributed by atoms with Crippen LogP contribution in [0.4, 0.5) is 5.82 Å². The number of anilines is 1. The van der Waals surface area contributed by atoms with Gasteiger partial charge in [-0.25, -0.2) is 0 Å². The van der Waals surface area contributed by atoms with E-state index in [-0.39, 0.29) is 11.8 Å². The van der Waals surface area contributed by atoms with Crippen molar-refractivity contribution in [2.45, 2.75) is 13.0 Å². The minimum atomic E-state index is -0.0557. The fourth-order valence-corrected chi connectivity index (χ4v) is 2.75. The van der Waals surface area contributed by atoms with Gasteiger partial charge in [-0.3, -0.25) is 4.99 Å². The molecule has 1 heterocycles. The number of aromatic amines is 1. The predicted octanol–water partition coefficient (Wildman–Crippen LogP) is 4.41. The van der Waals surface area contributed by atoms with E-state index >= 15 is 0 Å². The van der Waals surface area contributed by atoms with Gasteiger partial charge in [0.25, 0.3) is 0 Å². The second-order valence-corrected chi connectivity index (χ2v) is 5.97. The van der Waals surface area contributed by atoms with Gasteiger partial charge in [-0.1, -0.05) is 36.9 Å². The van der Waals surface area contributed by atoms with Crippen molar-refractivity contribution < 1.29 is 5.11 Å². The normalized spacial score (nSPS) is 12.6. The molecule has 0 radical (unpaired) electrons. The van der Waals surface area contributed by atoms with Gasteiger partial charge >= 0.3 is 0 Å². The lowest BCUT2D eigenvalue weighted by molar-refractivity contribution is 0.475. The van der Waals surface area contributed by atoms with Crippen LogP contribution in [-0.2, 0) is 0 Å². The quantitative estimate of drug-likeness (QED) is 0.394. The molecule has 0 bridgehead atoms. The van der Waals surface area contributed by atoms with Gasteiger partial charge in [0, 0.05) is 5.69 Å². The zero-order valence-corrected chi connectivity index (χ0v) is 14.6. The van der Waals surface area contributed by atoms with Crippen LogP contribution in [0.25, 0.3) is 11.3 Å². The number of phenols is 1. The van der Waals surface area contributed by atoms with Crippen LogP contribution < -0.4 is 11.1 Å². The molecule has 0 aliphatic rings. The summed E-state index contributed by atoms with van der Waals surface area (Å²) in [5.41, 5.74) is 9.97. The Morgan fingerprint density at radius 2 is 1.88 bits per heavy atom. The minimum Gasteiger partial charge on any atom is -0.508 e. The summed E-state index contributed by atoms with van der Waals surface area (Å²) in [5.74, 6) is 1.39. The number of phenolic OH excluding ortho intramolecular Hbond substituents is 1. The Labute approximate surface area is 152 Å². The van der Waals surface area contributed by atoms with Crippen molar-refractivity contribution in [3.8, 4) is 17.0 Å². The summed E-state index contributed by atoms with van der Waals surface area (Å²) >= 11 is 0. The van der Waals surface area contributed by atoms with Gasteiger partial charge in [-0.15, -0.1) is 0 Å². The van der Waals surface area contributed by atoms with Gasteiger partial charge in [-0.2, -0.15) is 0 Å². The number of nitrogens with one attached hydrogen (secondary N) is 2. The molecule has 1 aromatic heterocycles. The largest absolute Gasteiger partial charge is 0.508 e. The Kier molecular flexibility index (Phi) is 5.08. The monoisotopic (exact) mass is 346 g/mol. The van der Waals surface area contributed by atoms with Crippen molar-refractivity contribution in [1.82, 2.24) is 4.98 Å². The summed E-state index contributed by atoms with van der Waals surface area (Å²) in [6.07, 6.45) is 1.59. The summed E-state index contributed by atoms with van der Waals surface area (Å²) in [6.45, 7) is 5.72. The Morgan fingerprint density at radius 3 is 2.54 bits per heavy atom. The maximum atomic E-state index is 9.47. The number of H-pyrrole nitrogens is 1. The van der Waals surface area contributed by atoms with Crippen molar-refractivity contribution in [2.24, 2.45) is 10.7 Å². The molecule has 1 atom stereocenters. The molecule has 3 rings (SSSR count). The van der Waals surface area contributed by atoms with Crippen LogP contribution in [0, 0.1) is 0 Å². The Morgan fingerprint density at radius 1 is 1.19 bits per heavy atom. The molecule has 26 heavy (non-hydrogen) atoms. The number of aliphatic imine (C=N–C) groups is 1. The lowest BCUT2D eigenvalue weighted by atomic mass is 10.1. The molecular formula is C21H22N4O. The summed E-state index contributed by atoms with van der Waals surface area (Å²) < 4.78 is 0. The number of aromatic nitrogens is 1. The molecule has 0 fully saturated rings. The highest BCUT2D eigenvalue weighted by Crippen LogP contribution is 2.27. The number of nitrogens with zero attached hydrogens (tertiary/aromatic N) is 1. The first kappa shape index (κ1) is 17.4. The van der Waals surface area contributed by atoms with E-state index in [1.165, 1.54) is 0 Å². The van der Waals surface area contributed by atoms with E-state index < -0.39 is 0 Å². The molecule has 0 spiro atoms. The van der Waals surface area contributed by atoms with E-state index in [0.29, 0.717) is 5.84 Å². The molecule has 0 aliphatic carbocycles. The third kappa shape index (κ3) is 3.78. The van der Waals surface area contributed by atoms with Crippen molar-refractivity contribution in [3.05, 3.63) is 84.6 Å². The van der Waals surface area contributed by atoms with E-state index in [1.54, 1.807) is 18.3 Å². The van der Waals surface area contributed by atoms with Crippen molar-refractivity contribution in [3.63, 3.8) is 0 Å². The van der Waals surface area contributed by atoms with Crippen LogP contribution >= 0.6 is 0 Å². The number of hydrogen-bond acceptors (Lipinski definition) is 3. The average molecular weight is 346 g/mol. The molecule has 5 heteroatoms. The molecule has 2 aromatic carbocycles. The fraction of sp³-hybridized carbons (Fsp3) is 0.0952. The zero-order valence-electron chi connectivity index (χ0n) is 14.6. The lowest BCUT2D eigenvalue weighted by Crippen LogP contribution is -2.15. The molecule has 5 nitrogen and oxygen atoms in total. The van der Waals surface area contributed by atoms with E-state index in [0.717, 1.165) is 28.2 Å². The Hall–Kier alpha value is -3.47. The Bertz CT molecular complexity index is 911.